The number of pyridine rings is 1. The third-order valence-electron chi connectivity index (χ3n) is 4.03. The van der Waals surface area contributed by atoms with Gasteiger partial charge in [-0.15, -0.1) is 11.8 Å². The van der Waals surface area contributed by atoms with Crippen LogP contribution in [0.15, 0.2) is 41.3 Å². The first kappa shape index (κ1) is 11.3. The van der Waals surface area contributed by atoms with Gasteiger partial charge < -0.3 is 0 Å². The fourth-order valence-electron chi connectivity index (χ4n) is 3.17. The summed E-state index contributed by atoms with van der Waals surface area (Å²) >= 11 is 1.83. The molecule has 0 unspecified atom stereocenters. The minimum Gasteiger partial charge on any atom is -0.252 e. The monoisotopic (exact) mass is 265 g/mol. The van der Waals surface area contributed by atoms with Crippen molar-refractivity contribution in [2.45, 2.75) is 24.2 Å². The Bertz CT molecular complexity index is 792. The summed E-state index contributed by atoms with van der Waals surface area (Å²) in [7, 11) is 0. The van der Waals surface area contributed by atoms with Crippen LogP contribution in [0, 0.1) is 0 Å². The first-order valence-electron chi connectivity index (χ1n) is 6.75. The molecule has 0 saturated carbocycles. The third kappa shape index (κ3) is 1.67. The Morgan fingerprint density at radius 1 is 1.05 bits per heavy atom. The van der Waals surface area contributed by atoms with E-state index in [-0.39, 0.29) is 0 Å². The van der Waals surface area contributed by atoms with Gasteiger partial charge in [-0.1, -0.05) is 18.2 Å². The highest BCUT2D eigenvalue weighted by atomic mass is 32.2. The van der Waals surface area contributed by atoms with E-state index in [0.29, 0.717) is 0 Å². The maximum atomic E-state index is 4.88. The van der Waals surface area contributed by atoms with Crippen LogP contribution in [0.3, 0.4) is 0 Å². The van der Waals surface area contributed by atoms with Gasteiger partial charge in [0.15, 0.2) is 0 Å². The molecular weight excluding hydrogens is 250 g/mol. The van der Waals surface area contributed by atoms with Crippen LogP contribution < -0.4 is 0 Å². The van der Waals surface area contributed by atoms with Gasteiger partial charge in [-0.05, 0) is 54.7 Å². The summed E-state index contributed by atoms with van der Waals surface area (Å²) < 4.78 is 0. The molecule has 1 aromatic heterocycles. The average molecular weight is 265 g/mol. The quantitative estimate of drug-likeness (QED) is 0.471. The largest absolute Gasteiger partial charge is 0.252 e. The topological polar surface area (TPSA) is 12.9 Å². The molecule has 2 aromatic carbocycles. The second-order valence-corrected chi connectivity index (χ2v) is 6.02. The van der Waals surface area contributed by atoms with Crippen molar-refractivity contribution in [3.8, 4) is 0 Å². The summed E-state index contributed by atoms with van der Waals surface area (Å²) in [5.41, 5.74) is 3.92. The number of aromatic nitrogens is 1. The molecule has 0 aliphatic heterocycles. The van der Waals surface area contributed by atoms with Gasteiger partial charge in [-0.2, -0.15) is 0 Å². The van der Waals surface area contributed by atoms with Gasteiger partial charge in [0.25, 0.3) is 0 Å². The standard InChI is InChI=1S/C17H15NS/c1-19-12-9-11-5-4-8-16-17(11)14(10-12)13-6-2-3-7-15(13)18-16/h2-3,6-7,9-10H,4-5,8H2,1H3. The van der Waals surface area contributed by atoms with E-state index in [1.165, 1.54) is 45.2 Å². The number of fused-ring (bicyclic) bond motifs is 2. The van der Waals surface area contributed by atoms with Crippen molar-refractivity contribution in [2.75, 3.05) is 6.26 Å². The van der Waals surface area contributed by atoms with Gasteiger partial charge >= 0.3 is 0 Å². The molecule has 19 heavy (non-hydrogen) atoms. The molecule has 0 amide bonds. The Hall–Kier alpha value is -1.54. The molecule has 0 radical (unpaired) electrons. The number of para-hydroxylation sites is 1. The molecule has 0 saturated heterocycles. The number of aryl methyl sites for hydroxylation is 2. The molecule has 0 bridgehead atoms. The normalized spacial score (nSPS) is 14.2. The highest BCUT2D eigenvalue weighted by Crippen LogP contribution is 2.36. The molecule has 0 fully saturated rings. The second kappa shape index (κ2) is 4.24. The van der Waals surface area contributed by atoms with Crippen molar-refractivity contribution < 1.29 is 0 Å². The summed E-state index contributed by atoms with van der Waals surface area (Å²) in [6.45, 7) is 0. The molecule has 3 aromatic rings. The van der Waals surface area contributed by atoms with Crippen molar-refractivity contribution >= 4 is 33.4 Å². The minimum absolute atomic E-state index is 1.12. The smallest absolute Gasteiger partial charge is 0.0711 e. The van der Waals surface area contributed by atoms with Gasteiger partial charge in [0.1, 0.15) is 0 Å². The van der Waals surface area contributed by atoms with Gasteiger partial charge in [-0.3, -0.25) is 4.98 Å². The van der Waals surface area contributed by atoms with E-state index >= 15 is 0 Å². The molecule has 1 nitrogen and oxygen atoms in total. The van der Waals surface area contributed by atoms with Crippen LogP contribution in [0.4, 0.5) is 0 Å². The van der Waals surface area contributed by atoms with Crippen LogP contribution in [-0.4, -0.2) is 11.2 Å². The first-order chi connectivity index (χ1) is 9.36. The van der Waals surface area contributed by atoms with Crippen LogP contribution in [0.2, 0.25) is 0 Å². The molecular formula is C17H15NS. The zero-order valence-electron chi connectivity index (χ0n) is 10.9. The van der Waals surface area contributed by atoms with E-state index < -0.39 is 0 Å². The van der Waals surface area contributed by atoms with E-state index in [1.54, 1.807) is 0 Å². The van der Waals surface area contributed by atoms with E-state index in [0.717, 1.165) is 11.9 Å². The molecule has 0 atom stereocenters. The summed E-state index contributed by atoms with van der Waals surface area (Å²) in [4.78, 5) is 6.25. The Morgan fingerprint density at radius 3 is 2.84 bits per heavy atom. The lowest BCUT2D eigenvalue weighted by atomic mass is 9.90. The SMILES string of the molecule is CSc1cc2c3c(nc4ccccc4c3c1)CCC2. The highest BCUT2D eigenvalue weighted by molar-refractivity contribution is 7.98. The summed E-state index contributed by atoms with van der Waals surface area (Å²) in [6.07, 6.45) is 5.69. The highest BCUT2D eigenvalue weighted by Gasteiger charge is 2.16. The van der Waals surface area contributed by atoms with E-state index in [1.807, 2.05) is 11.8 Å². The summed E-state index contributed by atoms with van der Waals surface area (Å²) in [5, 5.41) is 4.10. The van der Waals surface area contributed by atoms with Crippen molar-refractivity contribution in [1.29, 1.82) is 0 Å². The predicted molar refractivity (Wildman–Crippen MR) is 83.1 cm³/mol. The summed E-state index contributed by atoms with van der Waals surface area (Å²) in [5.74, 6) is 0. The number of nitrogens with zero attached hydrogens (tertiary/aromatic N) is 1. The lowest BCUT2D eigenvalue weighted by molar-refractivity contribution is 0.787. The molecule has 4 rings (SSSR count). The van der Waals surface area contributed by atoms with Crippen LogP contribution in [0.1, 0.15) is 17.7 Å². The first-order valence-corrected chi connectivity index (χ1v) is 7.97. The Kier molecular flexibility index (Phi) is 2.52. The van der Waals surface area contributed by atoms with Crippen molar-refractivity contribution in [1.82, 2.24) is 4.98 Å². The Morgan fingerprint density at radius 2 is 1.95 bits per heavy atom. The van der Waals surface area contributed by atoms with Crippen molar-refractivity contribution in [2.24, 2.45) is 0 Å². The van der Waals surface area contributed by atoms with E-state index in [2.05, 4.69) is 42.7 Å². The lowest BCUT2D eigenvalue weighted by Crippen LogP contribution is -2.04. The summed E-state index contributed by atoms with van der Waals surface area (Å²) in [6, 6.07) is 13.2. The zero-order valence-corrected chi connectivity index (χ0v) is 11.8. The molecule has 2 heteroatoms. The van der Waals surface area contributed by atoms with Crippen LogP contribution >= 0.6 is 11.8 Å². The van der Waals surface area contributed by atoms with Crippen molar-refractivity contribution in [3.05, 3.63) is 47.7 Å². The van der Waals surface area contributed by atoms with Crippen LogP contribution in [0.5, 0.6) is 0 Å². The molecule has 1 aliphatic rings. The number of rotatable bonds is 1. The van der Waals surface area contributed by atoms with Gasteiger partial charge in [0.05, 0.1) is 5.52 Å². The Balaban J connectivity index is 2.24. The number of benzene rings is 2. The van der Waals surface area contributed by atoms with Crippen molar-refractivity contribution in [3.63, 3.8) is 0 Å². The fraction of sp³-hybridized carbons (Fsp3) is 0.235. The maximum absolute atomic E-state index is 4.88. The number of hydrogen-bond donors (Lipinski definition) is 0. The fourth-order valence-corrected chi connectivity index (χ4v) is 3.66. The zero-order chi connectivity index (χ0) is 12.8. The molecule has 1 aliphatic carbocycles. The molecule has 0 N–H and O–H groups in total. The number of thioether (sulfide) groups is 1. The maximum Gasteiger partial charge on any atom is 0.0711 e. The molecule has 0 spiro atoms. The minimum atomic E-state index is 1.12. The third-order valence-corrected chi connectivity index (χ3v) is 4.73. The van der Waals surface area contributed by atoms with Crippen LogP contribution in [-0.2, 0) is 12.8 Å². The van der Waals surface area contributed by atoms with Crippen LogP contribution in [0.25, 0.3) is 21.7 Å². The van der Waals surface area contributed by atoms with Gasteiger partial charge in [-0.25, -0.2) is 0 Å². The number of hydrogen-bond acceptors (Lipinski definition) is 2. The average Bonchev–Trinajstić information content (AvgIpc) is 2.47. The molecule has 1 heterocycles. The second-order valence-electron chi connectivity index (χ2n) is 5.14. The Labute approximate surface area is 117 Å². The lowest BCUT2D eigenvalue weighted by Gasteiger charge is -2.19. The molecule has 94 valence electrons. The predicted octanol–water partition coefficient (Wildman–Crippen LogP) is 4.60. The van der Waals surface area contributed by atoms with Gasteiger partial charge in [0.2, 0.25) is 0 Å². The van der Waals surface area contributed by atoms with E-state index in [4.69, 9.17) is 4.98 Å². The van der Waals surface area contributed by atoms with Gasteiger partial charge in [0, 0.05) is 21.4 Å². The van der Waals surface area contributed by atoms with E-state index in [9.17, 15) is 0 Å².